The van der Waals surface area contributed by atoms with E-state index in [2.05, 4.69) is 5.10 Å². The van der Waals surface area contributed by atoms with Gasteiger partial charge in [0.05, 0.1) is 5.69 Å². The van der Waals surface area contributed by atoms with Crippen molar-refractivity contribution >= 4 is 0 Å². The molecule has 0 aliphatic heterocycles. The first kappa shape index (κ1) is 8.97. The van der Waals surface area contributed by atoms with E-state index in [1.165, 1.54) is 0 Å². The molecule has 0 aliphatic rings. The highest BCUT2D eigenvalue weighted by Gasteiger charge is 1.99. The lowest BCUT2D eigenvalue weighted by atomic mass is 10.1. The Morgan fingerprint density at radius 3 is 2.50 bits per heavy atom. The predicted octanol–water partition coefficient (Wildman–Crippen LogP) is 1.89. The van der Waals surface area contributed by atoms with Gasteiger partial charge in [0.25, 0.3) is 0 Å². The summed E-state index contributed by atoms with van der Waals surface area (Å²) in [5.74, 6) is 0. The van der Waals surface area contributed by atoms with E-state index in [4.69, 9.17) is 5.73 Å². The molecule has 72 valence electrons. The zero-order valence-electron chi connectivity index (χ0n) is 8.09. The second-order valence-corrected chi connectivity index (χ2v) is 3.33. The van der Waals surface area contributed by atoms with Crippen molar-refractivity contribution in [2.75, 3.05) is 0 Å². The van der Waals surface area contributed by atoms with Crippen LogP contribution in [0.1, 0.15) is 18.5 Å². The van der Waals surface area contributed by atoms with Crippen molar-refractivity contribution in [2.45, 2.75) is 13.0 Å². The molecule has 0 aliphatic carbocycles. The number of nitrogens with zero attached hydrogens (tertiary/aromatic N) is 2. The van der Waals surface area contributed by atoms with E-state index >= 15 is 0 Å². The monoisotopic (exact) mass is 187 g/mol. The molecule has 1 aromatic carbocycles. The smallest absolute Gasteiger partial charge is 0.0645 e. The van der Waals surface area contributed by atoms with Gasteiger partial charge in [0.1, 0.15) is 0 Å². The van der Waals surface area contributed by atoms with E-state index in [1.54, 1.807) is 6.20 Å². The number of hydrogen-bond acceptors (Lipinski definition) is 2. The van der Waals surface area contributed by atoms with Gasteiger partial charge in [-0.15, -0.1) is 0 Å². The van der Waals surface area contributed by atoms with E-state index in [0.29, 0.717) is 0 Å². The minimum atomic E-state index is 0.0849. The van der Waals surface area contributed by atoms with Crippen molar-refractivity contribution in [3.05, 3.63) is 48.3 Å². The minimum absolute atomic E-state index is 0.0849. The molecule has 0 radical (unpaired) electrons. The summed E-state index contributed by atoms with van der Waals surface area (Å²) < 4.78 is 1.82. The summed E-state index contributed by atoms with van der Waals surface area (Å²) in [4.78, 5) is 0. The molecule has 14 heavy (non-hydrogen) atoms. The van der Waals surface area contributed by atoms with Crippen molar-refractivity contribution in [1.82, 2.24) is 9.78 Å². The van der Waals surface area contributed by atoms with Crippen LogP contribution in [-0.4, -0.2) is 9.78 Å². The maximum absolute atomic E-state index is 5.76. The van der Waals surface area contributed by atoms with Crippen molar-refractivity contribution in [3.8, 4) is 5.69 Å². The molecular formula is C11H13N3. The van der Waals surface area contributed by atoms with Gasteiger partial charge in [0.15, 0.2) is 0 Å². The molecule has 0 spiro atoms. The third-order valence-corrected chi connectivity index (χ3v) is 2.19. The lowest BCUT2D eigenvalue weighted by Crippen LogP contribution is -2.05. The lowest BCUT2D eigenvalue weighted by molar-refractivity contribution is 0.814. The number of benzene rings is 1. The van der Waals surface area contributed by atoms with Crippen molar-refractivity contribution < 1.29 is 0 Å². The van der Waals surface area contributed by atoms with Crippen molar-refractivity contribution in [1.29, 1.82) is 0 Å². The topological polar surface area (TPSA) is 43.8 Å². The quantitative estimate of drug-likeness (QED) is 0.780. The number of hydrogen-bond donors (Lipinski definition) is 1. The zero-order valence-corrected chi connectivity index (χ0v) is 8.09. The van der Waals surface area contributed by atoms with Gasteiger partial charge >= 0.3 is 0 Å². The number of rotatable bonds is 2. The summed E-state index contributed by atoms with van der Waals surface area (Å²) in [5, 5.41) is 4.15. The fourth-order valence-electron chi connectivity index (χ4n) is 1.35. The third kappa shape index (κ3) is 1.67. The van der Waals surface area contributed by atoms with Crippen LogP contribution in [0.2, 0.25) is 0 Å². The second kappa shape index (κ2) is 3.64. The molecule has 0 saturated carbocycles. The van der Waals surface area contributed by atoms with Crippen LogP contribution in [0.4, 0.5) is 0 Å². The van der Waals surface area contributed by atoms with Crippen LogP contribution in [0.15, 0.2) is 42.7 Å². The Bertz CT molecular complexity index is 387. The van der Waals surface area contributed by atoms with Gasteiger partial charge < -0.3 is 5.73 Å². The molecule has 2 rings (SSSR count). The molecule has 0 unspecified atom stereocenters. The molecule has 3 nitrogen and oxygen atoms in total. The highest BCUT2D eigenvalue weighted by molar-refractivity contribution is 5.34. The average Bonchev–Trinajstić information content (AvgIpc) is 2.71. The molecule has 1 atom stereocenters. The molecule has 0 bridgehead atoms. The highest BCUT2D eigenvalue weighted by Crippen LogP contribution is 2.12. The largest absolute Gasteiger partial charge is 0.324 e. The predicted molar refractivity (Wildman–Crippen MR) is 56.2 cm³/mol. The first-order valence-corrected chi connectivity index (χ1v) is 4.63. The van der Waals surface area contributed by atoms with E-state index < -0.39 is 0 Å². The van der Waals surface area contributed by atoms with E-state index in [1.807, 2.05) is 48.1 Å². The van der Waals surface area contributed by atoms with Crippen LogP contribution in [0.25, 0.3) is 5.69 Å². The standard InChI is InChI=1S/C11H13N3/c1-9(12)10-3-5-11(6-4-10)14-8-2-7-13-14/h2-9H,12H2,1H3/t9-/m0/s1. The normalized spacial score (nSPS) is 12.7. The van der Waals surface area contributed by atoms with E-state index in [0.717, 1.165) is 11.3 Å². The van der Waals surface area contributed by atoms with Crippen LogP contribution in [0.5, 0.6) is 0 Å². The molecule has 1 aromatic heterocycles. The first-order chi connectivity index (χ1) is 6.77. The van der Waals surface area contributed by atoms with Crippen molar-refractivity contribution in [2.24, 2.45) is 5.73 Å². The summed E-state index contributed by atoms with van der Waals surface area (Å²) in [5.41, 5.74) is 7.95. The van der Waals surface area contributed by atoms with Gasteiger partial charge in [-0.3, -0.25) is 0 Å². The van der Waals surface area contributed by atoms with Crippen LogP contribution in [0, 0.1) is 0 Å². The molecule has 2 aromatic rings. The first-order valence-electron chi connectivity index (χ1n) is 4.63. The molecular weight excluding hydrogens is 174 g/mol. The highest BCUT2D eigenvalue weighted by atomic mass is 15.3. The molecule has 2 N–H and O–H groups in total. The van der Waals surface area contributed by atoms with Gasteiger partial charge in [-0.2, -0.15) is 5.10 Å². The lowest BCUT2D eigenvalue weighted by Gasteiger charge is -2.06. The maximum atomic E-state index is 5.76. The Hall–Kier alpha value is -1.61. The molecule has 1 heterocycles. The van der Waals surface area contributed by atoms with Crippen LogP contribution in [-0.2, 0) is 0 Å². The summed E-state index contributed by atoms with van der Waals surface area (Å²) >= 11 is 0. The average molecular weight is 187 g/mol. The van der Waals surface area contributed by atoms with Gasteiger partial charge in [-0.1, -0.05) is 12.1 Å². The Labute approximate surface area is 83.2 Å². The van der Waals surface area contributed by atoms with Crippen LogP contribution >= 0.6 is 0 Å². The molecule has 0 fully saturated rings. The Morgan fingerprint density at radius 1 is 1.29 bits per heavy atom. The summed E-state index contributed by atoms with van der Waals surface area (Å²) in [7, 11) is 0. The molecule has 3 heteroatoms. The van der Waals surface area contributed by atoms with Gasteiger partial charge in [0, 0.05) is 18.4 Å². The third-order valence-electron chi connectivity index (χ3n) is 2.19. The Kier molecular flexibility index (Phi) is 2.33. The van der Waals surface area contributed by atoms with E-state index in [-0.39, 0.29) is 6.04 Å². The van der Waals surface area contributed by atoms with Crippen LogP contribution in [0.3, 0.4) is 0 Å². The summed E-state index contributed by atoms with van der Waals surface area (Å²) in [6.45, 7) is 1.98. The van der Waals surface area contributed by atoms with Crippen molar-refractivity contribution in [3.63, 3.8) is 0 Å². The maximum Gasteiger partial charge on any atom is 0.0645 e. The minimum Gasteiger partial charge on any atom is -0.324 e. The summed E-state index contributed by atoms with van der Waals surface area (Å²) in [6.07, 6.45) is 3.68. The molecule has 0 saturated heterocycles. The summed E-state index contributed by atoms with van der Waals surface area (Å²) in [6, 6.07) is 10.1. The van der Waals surface area contributed by atoms with E-state index in [9.17, 15) is 0 Å². The Balaban J connectivity index is 2.31. The fraction of sp³-hybridized carbons (Fsp3) is 0.182. The van der Waals surface area contributed by atoms with Gasteiger partial charge in [-0.05, 0) is 30.7 Å². The van der Waals surface area contributed by atoms with Crippen LogP contribution < -0.4 is 5.73 Å². The SMILES string of the molecule is C[C@H](N)c1ccc(-n2cccn2)cc1. The number of aromatic nitrogens is 2. The fourth-order valence-corrected chi connectivity index (χ4v) is 1.35. The second-order valence-electron chi connectivity index (χ2n) is 3.33. The zero-order chi connectivity index (χ0) is 9.97. The number of nitrogens with two attached hydrogens (primary N) is 1. The molecule has 0 amide bonds. The van der Waals surface area contributed by atoms with Gasteiger partial charge in [0.2, 0.25) is 0 Å². The Morgan fingerprint density at radius 2 is 2.00 bits per heavy atom. The van der Waals surface area contributed by atoms with Gasteiger partial charge in [-0.25, -0.2) is 4.68 Å².